The van der Waals surface area contributed by atoms with E-state index in [1.807, 2.05) is 68.4 Å². The Labute approximate surface area is 151 Å². The molecule has 0 saturated carbocycles. The minimum Gasteiger partial charge on any atom is -0.457 e. The Morgan fingerprint density at radius 2 is 1.62 bits per heavy atom. The van der Waals surface area contributed by atoms with E-state index in [-0.39, 0.29) is 5.91 Å². The highest BCUT2D eigenvalue weighted by atomic mass is 16.5. The van der Waals surface area contributed by atoms with Crippen LogP contribution in [0.1, 0.15) is 21.5 Å². The number of hydrogen-bond acceptors (Lipinski definition) is 3. The van der Waals surface area contributed by atoms with Crippen LogP contribution in [0.25, 0.3) is 11.0 Å². The molecule has 0 radical (unpaired) electrons. The van der Waals surface area contributed by atoms with E-state index in [0.29, 0.717) is 17.1 Å². The quantitative estimate of drug-likeness (QED) is 0.518. The maximum atomic E-state index is 13.2. The van der Waals surface area contributed by atoms with Gasteiger partial charge in [-0.15, -0.1) is 0 Å². The second-order valence-electron chi connectivity index (χ2n) is 6.26. The van der Waals surface area contributed by atoms with Crippen LogP contribution in [0, 0.1) is 13.8 Å². The Hall–Kier alpha value is -3.40. The first-order chi connectivity index (χ1) is 12.6. The highest BCUT2D eigenvalue weighted by Crippen LogP contribution is 2.27. The summed E-state index contributed by atoms with van der Waals surface area (Å²) in [6, 6.07) is 20.7. The zero-order chi connectivity index (χ0) is 18.1. The van der Waals surface area contributed by atoms with Crippen molar-refractivity contribution in [3.63, 3.8) is 0 Å². The number of aromatic nitrogens is 2. The molecule has 1 aromatic heterocycles. The Balaban J connectivity index is 1.77. The normalized spacial score (nSPS) is 10.8. The third-order valence-corrected chi connectivity index (χ3v) is 4.47. The summed E-state index contributed by atoms with van der Waals surface area (Å²) in [5.74, 6) is 1.05. The van der Waals surface area contributed by atoms with Gasteiger partial charge >= 0.3 is 0 Å². The third-order valence-electron chi connectivity index (χ3n) is 4.47. The van der Waals surface area contributed by atoms with Crippen molar-refractivity contribution in [2.24, 2.45) is 0 Å². The number of imidazole rings is 1. The molecule has 128 valence electrons. The van der Waals surface area contributed by atoms with Gasteiger partial charge in [0.1, 0.15) is 17.8 Å². The highest BCUT2D eigenvalue weighted by molar-refractivity contribution is 6.03. The Morgan fingerprint density at radius 3 is 2.42 bits per heavy atom. The van der Waals surface area contributed by atoms with Crippen LogP contribution in [-0.4, -0.2) is 15.5 Å². The molecule has 3 aromatic carbocycles. The number of nitrogens with zero attached hydrogens (tertiary/aromatic N) is 2. The van der Waals surface area contributed by atoms with Gasteiger partial charge < -0.3 is 4.74 Å². The number of rotatable bonds is 3. The van der Waals surface area contributed by atoms with Gasteiger partial charge in [-0.25, -0.2) is 4.98 Å². The first-order valence-electron chi connectivity index (χ1n) is 8.44. The zero-order valence-electron chi connectivity index (χ0n) is 14.6. The highest BCUT2D eigenvalue weighted by Gasteiger charge is 2.17. The number of para-hydroxylation sites is 2. The summed E-state index contributed by atoms with van der Waals surface area (Å²) in [6.45, 7) is 4.07. The van der Waals surface area contributed by atoms with E-state index in [9.17, 15) is 4.79 Å². The average Bonchev–Trinajstić information content (AvgIpc) is 3.05. The molecule has 4 aromatic rings. The van der Waals surface area contributed by atoms with Crippen molar-refractivity contribution in [1.29, 1.82) is 0 Å². The fourth-order valence-electron chi connectivity index (χ4n) is 2.90. The van der Waals surface area contributed by atoms with E-state index in [1.54, 1.807) is 23.0 Å². The van der Waals surface area contributed by atoms with Crippen LogP contribution in [0.2, 0.25) is 0 Å². The third kappa shape index (κ3) is 2.86. The summed E-state index contributed by atoms with van der Waals surface area (Å²) in [4.78, 5) is 17.6. The molecule has 0 bridgehead atoms. The van der Waals surface area contributed by atoms with E-state index in [2.05, 4.69) is 4.98 Å². The molecule has 0 N–H and O–H groups in total. The molecule has 0 aliphatic heterocycles. The Bertz CT molecular complexity index is 1100. The summed E-state index contributed by atoms with van der Waals surface area (Å²) in [5, 5.41) is 0. The second kappa shape index (κ2) is 6.48. The maximum Gasteiger partial charge on any atom is 0.267 e. The lowest BCUT2D eigenvalue weighted by Gasteiger charge is -2.11. The summed E-state index contributed by atoms with van der Waals surface area (Å²) in [5.41, 5.74) is 4.38. The molecule has 26 heavy (non-hydrogen) atoms. The van der Waals surface area contributed by atoms with Gasteiger partial charge in [-0.2, -0.15) is 0 Å². The first-order valence-corrected chi connectivity index (χ1v) is 8.44. The van der Waals surface area contributed by atoms with Gasteiger partial charge in [-0.3, -0.25) is 9.36 Å². The number of benzene rings is 3. The van der Waals surface area contributed by atoms with Crippen molar-refractivity contribution in [3.05, 3.63) is 89.7 Å². The second-order valence-corrected chi connectivity index (χ2v) is 6.26. The van der Waals surface area contributed by atoms with Gasteiger partial charge in [-0.1, -0.05) is 30.3 Å². The summed E-state index contributed by atoms with van der Waals surface area (Å²) in [6.07, 6.45) is 1.57. The Kier molecular flexibility index (Phi) is 4.01. The lowest BCUT2D eigenvalue weighted by Crippen LogP contribution is -2.12. The van der Waals surface area contributed by atoms with Gasteiger partial charge in [0.25, 0.3) is 5.91 Å². The number of carbonyl (C=O) groups excluding carboxylic acids is 1. The van der Waals surface area contributed by atoms with Gasteiger partial charge in [-0.05, 0) is 61.4 Å². The first kappa shape index (κ1) is 16.1. The van der Waals surface area contributed by atoms with Crippen molar-refractivity contribution >= 4 is 16.9 Å². The zero-order valence-corrected chi connectivity index (χ0v) is 14.6. The van der Waals surface area contributed by atoms with Crippen LogP contribution in [0.4, 0.5) is 0 Å². The van der Waals surface area contributed by atoms with Crippen LogP contribution in [0.5, 0.6) is 11.5 Å². The predicted octanol–water partition coefficient (Wildman–Crippen LogP) is 5.13. The van der Waals surface area contributed by atoms with Crippen LogP contribution in [0.3, 0.4) is 0 Å². The monoisotopic (exact) mass is 342 g/mol. The molecule has 0 amide bonds. The average molecular weight is 342 g/mol. The molecule has 0 unspecified atom stereocenters. The fraction of sp³-hybridized carbons (Fsp3) is 0.0909. The largest absolute Gasteiger partial charge is 0.457 e. The van der Waals surface area contributed by atoms with Crippen LogP contribution >= 0.6 is 0 Å². The number of carbonyl (C=O) groups is 1. The van der Waals surface area contributed by atoms with E-state index in [4.69, 9.17) is 4.74 Å². The number of ether oxygens (including phenoxy) is 1. The topological polar surface area (TPSA) is 44.1 Å². The van der Waals surface area contributed by atoms with Crippen molar-refractivity contribution in [3.8, 4) is 11.5 Å². The molecule has 0 aliphatic carbocycles. The minimum atomic E-state index is -0.165. The number of aryl methyl sites for hydroxylation is 2. The SMILES string of the molecule is Cc1cc2ncn(C(=O)c3ccccc3Oc3ccccc3)c2cc1C. The van der Waals surface area contributed by atoms with Gasteiger partial charge in [0.15, 0.2) is 0 Å². The summed E-state index contributed by atoms with van der Waals surface area (Å²) >= 11 is 0. The summed E-state index contributed by atoms with van der Waals surface area (Å²) in [7, 11) is 0. The fourth-order valence-corrected chi connectivity index (χ4v) is 2.90. The molecule has 4 rings (SSSR count). The lowest BCUT2D eigenvalue weighted by atomic mass is 10.1. The van der Waals surface area contributed by atoms with E-state index >= 15 is 0 Å². The van der Waals surface area contributed by atoms with Crippen LogP contribution < -0.4 is 4.74 Å². The molecule has 4 nitrogen and oxygen atoms in total. The molecule has 1 heterocycles. The molecule has 0 fully saturated rings. The maximum absolute atomic E-state index is 13.2. The van der Waals surface area contributed by atoms with Crippen LogP contribution in [-0.2, 0) is 0 Å². The predicted molar refractivity (Wildman–Crippen MR) is 102 cm³/mol. The van der Waals surface area contributed by atoms with Crippen molar-refractivity contribution < 1.29 is 9.53 Å². The van der Waals surface area contributed by atoms with Crippen LogP contribution in [0.15, 0.2) is 73.1 Å². The Morgan fingerprint density at radius 1 is 0.923 bits per heavy atom. The number of hydrogen-bond donors (Lipinski definition) is 0. The molecule has 0 spiro atoms. The smallest absolute Gasteiger partial charge is 0.267 e. The van der Waals surface area contributed by atoms with Gasteiger partial charge in [0.05, 0.1) is 16.6 Å². The van der Waals surface area contributed by atoms with Crippen molar-refractivity contribution in [1.82, 2.24) is 9.55 Å². The van der Waals surface area contributed by atoms with E-state index in [1.165, 1.54) is 0 Å². The van der Waals surface area contributed by atoms with Crippen molar-refractivity contribution in [2.75, 3.05) is 0 Å². The minimum absolute atomic E-state index is 0.165. The van der Waals surface area contributed by atoms with E-state index in [0.717, 1.165) is 22.2 Å². The number of fused-ring (bicyclic) bond motifs is 1. The van der Waals surface area contributed by atoms with Gasteiger partial charge in [0, 0.05) is 0 Å². The summed E-state index contributed by atoms with van der Waals surface area (Å²) < 4.78 is 7.51. The van der Waals surface area contributed by atoms with Gasteiger partial charge in [0.2, 0.25) is 0 Å². The molecule has 0 atom stereocenters. The lowest BCUT2D eigenvalue weighted by molar-refractivity contribution is 0.0962. The molecule has 0 aliphatic rings. The van der Waals surface area contributed by atoms with Crippen molar-refractivity contribution in [2.45, 2.75) is 13.8 Å². The molecular formula is C22H18N2O2. The standard InChI is InChI=1S/C22H18N2O2/c1-15-12-19-20(13-16(15)2)24(14-23-19)22(25)18-10-6-7-11-21(18)26-17-8-4-3-5-9-17/h3-14H,1-2H3. The molecular weight excluding hydrogens is 324 g/mol. The van der Waals surface area contributed by atoms with E-state index < -0.39 is 0 Å². The molecule has 0 saturated heterocycles. The molecule has 4 heteroatoms.